The van der Waals surface area contributed by atoms with Gasteiger partial charge in [-0.05, 0) is 12.8 Å². The fourth-order valence-electron chi connectivity index (χ4n) is 0.669. The summed E-state index contributed by atoms with van der Waals surface area (Å²) in [6.07, 6.45) is 2.06. The molecular weight excluding hydrogens is 126 g/mol. The molecule has 3 heteroatoms. The molecule has 0 radical (unpaired) electrons. The van der Waals surface area contributed by atoms with Crippen LogP contribution in [0.15, 0.2) is 0 Å². The number of alkyl halides is 1. The van der Waals surface area contributed by atoms with E-state index in [1.54, 1.807) is 0 Å². The van der Waals surface area contributed by atoms with Crippen LogP contribution in [0.3, 0.4) is 0 Å². The molecule has 0 bridgehead atoms. The Labute approximate surface area is 54.7 Å². The molecule has 1 heterocycles. The third-order valence-corrected chi connectivity index (χ3v) is 1.59. The monoisotopic (exact) mass is 137 g/mol. The minimum Gasteiger partial charge on any atom is -0.381 e. The van der Waals surface area contributed by atoms with Crippen molar-refractivity contribution in [2.24, 2.45) is 0 Å². The lowest BCUT2D eigenvalue weighted by atomic mass is 10.2. The molecule has 0 saturated carbocycles. The molecule has 1 rings (SSSR count). The average molecular weight is 138 g/mol. The summed E-state index contributed by atoms with van der Waals surface area (Å²) in [4.78, 5) is 0. The van der Waals surface area contributed by atoms with E-state index in [1.807, 2.05) is 0 Å². The fourth-order valence-corrected chi connectivity index (χ4v) is 0.847. The van der Waals surface area contributed by atoms with Gasteiger partial charge in [0.15, 0.2) is 0 Å². The average Bonchev–Trinajstić information content (AvgIpc) is 1.69. The molecule has 2 nitrogen and oxygen atoms in total. The standard InChI is InChI=1S/C5H9ClO.H3N/c6-5-1-3-7-4-2-5;/h5H,1-4H2;1H3. The first-order valence-corrected chi connectivity index (χ1v) is 3.05. The van der Waals surface area contributed by atoms with E-state index < -0.39 is 0 Å². The maximum absolute atomic E-state index is 5.74. The molecule has 8 heavy (non-hydrogen) atoms. The van der Waals surface area contributed by atoms with Crippen LogP contribution in [0.25, 0.3) is 0 Å². The van der Waals surface area contributed by atoms with E-state index in [1.165, 1.54) is 0 Å². The minimum absolute atomic E-state index is 0. The lowest BCUT2D eigenvalue weighted by Crippen LogP contribution is -2.14. The Morgan fingerprint density at radius 3 is 2.00 bits per heavy atom. The highest BCUT2D eigenvalue weighted by Gasteiger charge is 2.08. The van der Waals surface area contributed by atoms with Gasteiger partial charge in [0.05, 0.1) is 0 Å². The van der Waals surface area contributed by atoms with Crippen LogP contribution in [0, 0.1) is 0 Å². The van der Waals surface area contributed by atoms with Crippen molar-refractivity contribution in [3.63, 3.8) is 0 Å². The number of hydrogen-bond donors (Lipinski definition) is 1. The Morgan fingerprint density at radius 2 is 1.75 bits per heavy atom. The summed E-state index contributed by atoms with van der Waals surface area (Å²) in [7, 11) is 0. The SMILES string of the molecule is ClC1CCOCC1.N. The molecule has 1 aliphatic rings. The second kappa shape index (κ2) is 4.13. The molecule has 0 aromatic heterocycles. The highest BCUT2D eigenvalue weighted by molar-refractivity contribution is 6.20. The first-order chi connectivity index (χ1) is 3.39. The largest absolute Gasteiger partial charge is 0.381 e. The summed E-state index contributed by atoms with van der Waals surface area (Å²) in [6, 6.07) is 0. The van der Waals surface area contributed by atoms with Gasteiger partial charge in [-0.3, -0.25) is 0 Å². The topological polar surface area (TPSA) is 44.2 Å². The molecule has 3 N–H and O–H groups in total. The van der Waals surface area contributed by atoms with Crippen molar-refractivity contribution in [1.29, 1.82) is 0 Å². The first kappa shape index (κ1) is 8.21. The first-order valence-electron chi connectivity index (χ1n) is 2.61. The summed E-state index contributed by atoms with van der Waals surface area (Å²) in [5.41, 5.74) is 0. The lowest BCUT2D eigenvalue weighted by molar-refractivity contribution is 0.0989. The molecule has 0 aromatic carbocycles. The van der Waals surface area contributed by atoms with Crippen molar-refractivity contribution in [2.75, 3.05) is 13.2 Å². The van der Waals surface area contributed by atoms with E-state index in [0.717, 1.165) is 26.1 Å². The number of ether oxygens (including phenoxy) is 1. The predicted molar refractivity (Wildman–Crippen MR) is 34.7 cm³/mol. The van der Waals surface area contributed by atoms with E-state index in [9.17, 15) is 0 Å². The zero-order valence-corrected chi connectivity index (χ0v) is 5.66. The summed E-state index contributed by atoms with van der Waals surface area (Å²) < 4.78 is 5.06. The number of hydrogen-bond acceptors (Lipinski definition) is 2. The van der Waals surface area contributed by atoms with Gasteiger partial charge in [-0.15, -0.1) is 11.6 Å². The normalized spacial score (nSPS) is 22.1. The van der Waals surface area contributed by atoms with Crippen molar-refractivity contribution >= 4 is 11.6 Å². The fraction of sp³-hybridized carbons (Fsp3) is 1.00. The zero-order valence-electron chi connectivity index (χ0n) is 4.90. The van der Waals surface area contributed by atoms with E-state index in [-0.39, 0.29) is 6.15 Å². The molecule has 1 aliphatic heterocycles. The molecule has 0 atom stereocenters. The lowest BCUT2D eigenvalue weighted by Gasteiger charge is -2.14. The van der Waals surface area contributed by atoms with Crippen LogP contribution in [0.4, 0.5) is 0 Å². The maximum atomic E-state index is 5.74. The highest BCUT2D eigenvalue weighted by Crippen LogP contribution is 2.11. The quantitative estimate of drug-likeness (QED) is 0.515. The number of halogens is 1. The Bertz CT molecular complexity index is 54.4. The minimum atomic E-state index is 0. The van der Waals surface area contributed by atoms with Crippen LogP contribution in [-0.2, 0) is 4.74 Å². The zero-order chi connectivity index (χ0) is 5.11. The predicted octanol–water partition coefficient (Wildman–Crippen LogP) is 1.57. The molecule has 0 aromatic rings. The molecule has 1 saturated heterocycles. The highest BCUT2D eigenvalue weighted by atomic mass is 35.5. The van der Waals surface area contributed by atoms with Crippen LogP contribution in [0.1, 0.15) is 12.8 Å². The van der Waals surface area contributed by atoms with Crippen LogP contribution in [0.2, 0.25) is 0 Å². The summed E-state index contributed by atoms with van der Waals surface area (Å²) in [6.45, 7) is 1.71. The summed E-state index contributed by atoms with van der Waals surface area (Å²) >= 11 is 5.74. The van der Waals surface area contributed by atoms with Crippen LogP contribution >= 0.6 is 11.6 Å². The third kappa shape index (κ3) is 2.50. The van der Waals surface area contributed by atoms with Gasteiger partial charge in [0.1, 0.15) is 0 Å². The second-order valence-corrected chi connectivity index (χ2v) is 2.40. The van der Waals surface area contributed by atoms with Gasteiger partial charge in [-0.2, -0.15) is 0 Å². The van der Waals surface area contributed by atoms with Crippen molar-refractivity contribution in [3.05, 3.63) is 0 Å². The van der Waals surface area contributed by atoms with E-state index in [0.29, 0.717) is 5.38 Å². The Morgan fingerprint density at radius 1 is 1.25 bits per heavy atom. The molecule has 1 fully saturated rings. The van der Waals surface area contributed by atoms with Gasteiger partial charge < -0.3 is 10.9 Å². The molecule has 0 spiro atoms. The Balaban J connectivity index is 0.000000490. The third-order valence-electron chi connectivity index (χ3n) is 1.15. The van der Waals surface area contributed by atoms with Gasteiger partial charge in [0.25, 0.3) is 0 Å². The smallest absolute Gasteiger partial charge is 0.0480 e. The second-order valence-electron chi connectivity index (χ2n) is 1.79. The Kier molecular flexibility index (Phi) is 4.23. The molecular formula is C5H12ClNO. The van der Waals surface area contributed by atoms with E-state index in [4.69, 9.17) is 16.3 Å². The van der Waals surface area contributed by atoms with Crippen LogP contribution < -0.4 is 6.15 Å². The van der Waals surface area contributed by atoms with Gasteiger partial charge >= 0.3 is 0 Å². The molecule has 0 unspecified atom stereocenters. The van der Waals surface area contributed by atoms with Gasteiger partial charge in [0.2, 0.25) is 0 Å². The van der Waals surface area contributed by atoms with Gasteiger partial charge in [-0.1, -0.05) is 0 Å². The van der Waals surface area contributed by atoms with Crippen molar-refractivity contribution in [3.8, 4) is 0 Å². The Hall–Kier alpha value is 0.210. The van der Waals surface area contributed by atoms with Gasteiger partial charge in [-0.25, -0.2) is 0 Å². The van der Waals surface area contributed by atoms with Crippen LogP contribution in [-0.4, -0.2) is 18.6 Å². The van der Waals surface area contributed by atoms with Crippen molar-refractivity contribution < 1.29 is 4.74 Å². The number of rotatable bonds is 0. The summed E-state index contributed by atoms with van der Waals surface area (Å²) in [5.74, 6) is 0. The maximum Gasteiger partial charge on any atom is 0.0480 e. The van der Waals surface area contributed by atoms with Gasteiger partial charge in [0, 0.05) is 18.6 Å². The molecule has 50 valence electrons. The molecule has 0 amide bonds. The van der Waals surface area contributed by atoms with Crippen molar-refractivity contribution in [2.45, 2.75) is 18.2 Å². The van der Waals surface area contributed by atoms with E-state index in [2.05, 4.69) is 0 Å². The van der Waals surface area contributed by atoms with Crippen molar-refractivity contribution in [1.82, 2.24) is 6.15 Å². The molecule has 0 aliphatic carbocycles. The van der Waals surface area contributed by atoms with E-state index >= 15 is 0 Å². The van der Waals surface area contributed by atoms with Crippen LogP contribution in [0.5, 0.6) is 0 Å². The summed E-state index contributed by atoms with van der Waals surface area (Å²) in [5, 5.41) is 0.383.